The highest BCUT2D eigenvalue weighted by atomic mass is 16.6. The predicted octanol–water partition coefficient (Wildman–Crippen LogP) is 2.01. The number of nitrogens with two attached hydrogens (primary N) is 1. The van der Waals surface area contributed by atoms with E-state index in [1.807, 2.05) is 24.3 Å². The fourth-order valence-electron chi connectivity index (χ4n) is 6.98. The van der Waals surface area contributed by atoms with Crippen molar-refractivity contribution >= 4 is 40.0 Å². The van der Waals surface area contributed by atoms with Crippen molar-refractivity contribution in [2.24, 2.45) is 5.92 Å². The third-order valence-corrected chi connectivity index (χ3v) is 10.1. The molecule has 0 spiro atoms. The van der Waals surface area contributed by atoms with Crippen LogP contribution in [0.5, 0.6) is 5.75 Å². The molecule has 0 unspecified atom stereocenters. The maximum Gasteiger partial charge on any atom is 0.223 e. The number of fused-ring (bicyclic) bond motifs is 2. The van der Waals surface area contributed by atoms with E-state index in [0.29, 0.717) is 129 Å². The number of carbonyl (C=O) groups is 3. The van der Waals surface area contributed by atoms with Crippen molar-refractivity contribution in [3.63, 3.8) is 0 Å². The molecule has 20 nitrogen and oxygen atoms in total. The summed E-state index contributed by atoms with van der Waals surface area (Å²) in [7, 11) is 1.64. The number of ether oxygens (including phenoxy) is 8. The fourth-order valence-corrected chi connectivity index (χ4v) is 6.98. The minimum absolute atomic E-state index is 0.0291. The van der Waals surface area contributed by atoms with Gasteiger partial charge in [-0.1, -0.05) is 12.1 Å². The largest absolute Gasteiger partial charge is 0.495 e. The second-order valence-electron chi connectivity index (χ2n) is 14.5. The van der Waals surface area contributed by atoms with E-state index in [2.05, 4.69) is 31.0 Å². The number of nitrogens with zero attached hydrogens (tertiary/aromatic N) is 4. The molecule has 3 amide bonds. The van der Waals surface area contributed by atoms with E-state index in [1.54, 1.807) is 11.6 Å². The fraction of sp³-hybridized carbons (Fsp3) is 0.619. The lowest BCUT2D eigenvalue weighted by Gasteiger charge is -2.26. The first kappa shape index (κ1) is 48.1. The standard InChI is InChI=1S/C42H63N9O11/c1-30(52)44-11-15-57-21-23-61-25-27-62-26-24-60-22-18-56-14-10-36(53)45-12-16-58-19-20-59-17-13-46-42(54)32-8-6-31(7-9-32)41-50-38(39-40(43)47-29-48-51(39)41)34-28-33-4-3-5-35(55-2)37(33)49-34/h3-5,28-29,31-32,49H,6-27H2,1-2H3,(H,44,52)(H,45,53)(H,46,54)(H2,43,47,48). The number of carbonyl (C=O) groups excluding carboxylic acids is 3. The average molecular weight is 870 g/mol. The van der Waals surface area contributed by atoms with Crippen LogP contribution in [-0.4, -0.2) is 162 Å². The van der Waals surface area contributed by atoms with Gasteiger partial charge >= 0.3 is 0 Å². The number of amides is 3. The van der Waals surface area contributed by atoms with Gasteiger partial charge in [-0.15, -0.1) is 0 Å². The van der Waals surface area contributed by atoms with E-state index >= 15 is 0 Å². The Morgan fingerprint density at radius 2 is 1.32 bits per heavy atom. The van der Waals surface area contributed by atoms with Gasteiger partial charge in [-0.2, -0.15) is 5.10 Å². The lowest BCUT2D eigenvalue weighted by atomic mass is 9.81. The van der Waals surface area contributed by atoms with Crippen LogP contribution in [0.2, 0.25) is 0 Å². The normalized spacial score (nSPS) is 15.3. The molecule has 1 aliphatic carbocycles. The number of H-pyrrole nitrogens is 1. The minimum atomic E-state index is -0.117. The molecule has 1 aliphatic rings. The summed E-state index contributed by atoms with van der Waals surface area (Å²) in [6.45, 7) is 8.52. The Bertz CT molecular complexity index is 1950. The van der Waals surface area contributed by atoms with Gasteiger partial charge in [-0.05, 0) is 37.8 Å². The van der Waals surface area contributed by atoms with Gasteiger partial charge in [0, 0.05) is 50.2 Å². The molecule has 0 saturated heterocycles. The molecule has 0 bridgehead atoms. The Morgan fingerprint density at radius 3 is 1.92 bits per heavy atom. The Morgan fingerprint density at radius 1 is 0.758 bits per heavy atom. The number of aromatic amines is 1. The first-order valence-corrected chi connectivity index (χ1v) is 21.3. The van der Waals surface area contributed by atoms with Crippen LogP contribution in [0.4, 0.5) is 5.82 Å². The average Bonchev–Trinajstić information content (AvgIpc) is 3.89. The van der Waals surface area contributed by atoms with Gasteiger partial charge in [0.15, 0.2) is 5.82 Å². The second kappa shape index (κ2) is 27.2. The van der Waals surface area contributed by atoms with Gasteiger partial charge < -0.3 is 64.6 Å². The van der Waals surface area contributed by atoms with Gasteiger partial charge in [0.2, 0.25) is 17.7 Å². The molecule has 342 valence electrons. The minimum Gasteiger partial charge on any atom is -0.495 e. The van der Waals surface area contributed by atoms with Crippen LogP contribution >= 0.6 is 0 Å². The summed E-state index contributed by atoms with van der Waals surface area (Å²) in [6, 6.07) is 7.89. The van der Waals surface area contributed by atoms with Crippen molar-refractivity contribution in [1.29, 1.82) is 0 Å². The van der Waals surface area contributed by atoms with Gasteiger partial charge in [0.25, 0.3) is 0 Å². The van der Waals surface area contributed by atoms with E-state index in [-0.39, 0.29) is 36.0 Å². The van der Waals surface area contributed by atoms with Crippen molar-refractivity contribution in [2.45, 2.75) is 44.9 Å². The highest BCUT2D eigenvalue weighted by molar-refractivity contribution is 5.93. The summed E-state index contributed by atoms with van der Waals surface area (Å²) in [5.74, 6) is 1.76. The molecule has 1 saturated carbocycles. The molecule has 62 heavy (non-hydrogen) atoms. The zero-order valence-electron chi connectivity index (χ0n) is 36.0. The first-order chi connectivity index (χ1) is 30.4. The predicted molar refractivity (Wildman–Crippen MR) is 229 cm³/mol. The van der Waals surface area contributed by atoms with Crippen molar-refractivity contribution in [3.05, 3.63) is 36.4 Å². The first-order valence-electron chi connectivity index (χ1n) is 21.3. The van der Waals surface area contributed by atoms with E-state index in [0.717, 1.165) is 53.9 Å². The molecular formula is C42H63N9O11. The summed E-state index contributed by atoms with van der Waals surface area (Å²) in [5.41, 5.74) is 9.37. The molecule has 5 rings (SSSR count). The van der Waals surface area contributed by atoms with E-state index in [9.17, 15) is 14.4 Å². The molecule has 20 heteroatoms. The summed E-state index contributed by atoms with van der Waals surface area (Å²) >= 11 is 0. The molecule has 0 radical (unpaired) electrons. The molecule has 6 N–H and O–H groups in total. The molecule has 3 heterocycles. The van der Waals surface area contributed by atoms with Gasteiger partial charge in [0.1, 0.15) is 29.1 Å². The van der Waals surface area contributed by atoms with Crippen LogP contribution in [0.3, 0.4) is 0 Å². The molecule has 0 atom stereocenters. The highest BCUT2D eigenvalue weighted by Crippen LogP contribution is 2.39. The number of anilines is 1. The monoisotopic (exact) mass is 869 g/mol. The van der Waals surface area contributed by atoms with Crippen LogP contribution < -0.4 is 26.4 Å². The number of para-hydroxylation sites is 1. The van der Waals surface area contributed by atoms with Crippen molar-refractivity contribution in [2.75, 3.05) is 125 Å². The van der Waals surface area contributed by atoms with Crippen LogP contribution in [0.1, 0.15) is 50.8 Å². The molecule has 3 aromatic heterocycles. The number of nitrogens with one attached hydrogen (secondary N) is 4. The van der Waals surface area contributed by atoms with E-state index < -0.39 is 0 Å². The summed E-state index contributed by atoms with van der Waals surface area (Å²) < 4.78 is 45.6. The zero-order chi connectivity index (χ0) is 43.8. The van der Waals surface area contributed by atoms with Gasteiger partial charge in [-0.25, -0.2) is 14.5 Å². The van der Waals surface area contributed by atoms with Crippen LogP contribution in [0, 0.1) is 5.92 Å². The van der Waals surface area contributed by atoms with E-state index in [4.69, 9.17) is 48.6 Å². The number of hydrogen-bond acceptors (Lipinski definition) is 15. The number of imidazole rings is 1. The second-order valence-corrected chi connectivity index (χ2v) is 14.5. The van der Waals surface area contributed by atoms with Gasteiger partial charge in [0.05, 0.1) is 111 Å². The number of methoxy groups -OCH3 is 1. The quantitative estimate of drug-likeness (QED) is 0.0454. The molecule has 1 fully saturated rings. The number of rotatable bonds is 31. The Labute approximate surface area is 361 Å². The van der Waals surface area contributed by atoms with Gasteiger partial charge in [-0.3, -0.25) is 14.4 Å². The Kier molecular flexibility index (Phi) is 21.1. The molecular weight excluding hydrogens is 807 g/mol. The topological polar surface area (TPSA) is 246 Å². The summed E-state index contributed by atoms with van der Waals surface area (Å²) in [4.78, 5) is 48.5. The van der Waals surface area contributed by atoms with Crippen molar-refractivity contribution in [3.8, 4) is 17.1 Å². The van der Waals surface area contributed by atoms with Crippen LogP contribution in [0.25, 0.3) is 27.8 Å². The molecule has 1 aromatic carbocycles. The third kappa shape index (κ3) is 15.7. The maximum absolute atomic E-state index is 13.0. The highest BCUT2D eigenvalue weighted by Gasteiger charge is 2.31. The maximum atomic E-state index is 13.0. The van der Waals surface area contributed by atoms with E-state index in [1.165, 1.54) is 13.3 Å². The zero-order valence-corrected chi connectivity index (χ0v) is 36.0. The Hall–Kier alpha value is -4.96. The molecule has 4 aromatic rings. The van der Waals surface area contributed by atoms with Crippen molar-refractivity contribution in [1.82, 2.24) is 40.5 Å². The number of hydrogen-bond donors (Lipinski definition) is 5. The lowest BCUT2D eigenvalue weighted by Crippen LogP contribution is -2.35. The van der Waals surface area contributed by atoms with Crippen molar-refractivity contribution < 1.29 is 52.3 Å². The molecule has 0 aliphatic heterocycles. The SMILES string of the molecule is COc1cccc2cc(-c3nc(C4CCC(C(=O)NCCOCCOCCNC(=O)CCOCCOCCOCCOCCOCCNC(C)=O)CC4)n4ncnc(N)c34)[nH]c12. The number of benzene rings is 1. The summed E-state index contributed by atoms with van der Waals surface area (Å²) in [6.07, 6.45) is 4.74. The summed E-state index contributed by atoms with van der Waals surface area (Å²) in [5, 5.41) is 14.0. The third-order valence-electron chi connectivity index (χ3n) is 10.1. The van der Waals surface area contributed by atoms with Crippen LogP contribution in [0.15, 0.2) is 30.6 Å². The Balaban J connectivity index is 0.820. The smallest absolute Gasteiger partial charge is 0.223 e. The number of nitrogen functional groups attached to an aromatic ring is 1. The lowest BCUT2D eigenvalue weighted by molar-refractivity contribution is -0.126. The number of aromatic nitrogens is 5. The van der Waals surface area contributed by atoms with Crippen LogP contribution in [-0.2, 0) is 47.5 Å².